The Hall–Kier alpha value is -2.76. The van der Waals surface area contributed by atoms with E-state index in [-0.39, 0.29) is 28.4 Å². The summed E-state index contributed by atoms with van der Waals surface area (Å²) >= 11 is 0. The van der Waals surface area contributed by atoms with E-state index in [9.17, 15) is 23.1 Å². The highest BCUT2D eigenvalue weighted by Gasteiger charge is 2.31. The van der Waals surface area contributed by atoms with Gasteiger partial charge in [0, 0.05) is 6.07 Å². The molecule has 2 aromatic rings. The molecule has 22 heavy (non-hydrogen) atoms. The average molecular weight is 306 g/mol. The summed E-state index contributed by atoms with van der Waals surface area (Å²) in [5.74, 6) is -0.401. The summed E-state index contributed by atoms with van der Waals surface area (Å²) < 4.78 is 43.3. The lowest BCUT2D eigenvalue weighted by molar-refractivity contribution is -0.137. The van der Waals surface area contributed by atoms with Crippen molar-refractivity contribution in [2.24, 2.45) is 0 Å². The lowest BCUT2D eigenvalue weighted by Crippen LogP contribution is -2.05. The minimum atomic E-state index is -4.45. The van der Waals surface area contributed by atoms with Gasteiger partial charge in [-0.25, -0.2) is 0 Å². The number of ketones is 1. The number of allylic oxidation sites excluding steroid dienone is 1. The number of benzene rings is 2. The molecule has 1 N–H and O–H groups in total. The standard InChI is InChI=1S/C16H9F3O3/c17-16(18,19)10-3-1-2-9(6-10)7-14-15(21)12-5-4-11(20)8-13(12)22-14/h1-8,20H/b14-7+. The molecule has 0 saturated heterocycles. The number of carbonyl (C=O) groups excluding carboxylic acids is 1. The van der Waals surface area contributed by atoms with Crippen molar-refractivity contribution in [1.29, 1.82) is 0 Å². The predicted octanol–water partition coefficient (Wildman–Crippen LogP) is 4.03. The molecule has 0 atom stereocenters. The molecule has 3 nitrogen and oxygen atoms in total. The number of hydrogen-bond acceptors (Lipinski definition) is 3. The zero-order valence-corrected chi connectivity index (χ0v) is 11.0. The molecule has 6 heteroatoms. The molecule has 0 fully saturated rings. The quantitative estimate of drug-likeness (QED) is 0.809. The number of alkyl halides is 3. The normalized spacial score (nSPS) is 15.8. The van der Waals surface area contributed by atoms with E-state index in [4.69, 9.17) is 4.74 Å². The maximum atomic E-state index is 12.7. The second kappa shape index (κ2) is 4.91. The molecule has 1 heterocycles. The number of rotatable bonds is 1. The van der Waals surface area contributed by atoms with Gasteiger partial charge in [0.1, 0.15) is 11.5 Å². The Morgan fingerprint density at radius 1 is 1.09 bits per heavy atom. The zero-order valence-electron chi connectivity index (χ0n) is 11.0. The van der Waals surface area contributed by atoms with Gasteiger partial charge in [0.2, 0.25) is 5.78 Å². The minimum Gasteiger partial charge on any atom is -0.508 e. The van der Waals surface area contributed by atoms with E-state index in [0.29, 0.717) is 0 Å². The summed E-state index contributed by atoms with van der Waals surface area (Å²) in [7, 11) is 0. The van der Waals surface area contributed by atoms with E-state index in [1.165, 1.54) is 36.4 Å². The van der Waals surface area contributed by atoms with Crippen LogP contribution in [-0.2, 0) is 6.18 Å². The van der Waals surface area contributed by atoms with Crippen molar-refractivity contribution in [3.05, 3.63) is 64.9 Å². The van der Waals surface area contributed by atoms with Crippen LogP contribution < -0.4 is 4.74 Å². The topological polar surface area (TPSA) is 46.5 Å². The molecule has 2 aromatic carbocycles. The molecule has 0 unspecified atom stereocenters. The monoisotopic (exact) mass is 306 g/mol. The van der Waals surface area contributed by atoms with E-state index in [1.807, 2.05) is 0 Å². The first-order valence-electron chi connectivity index (χ1n) is 6.29. The number of halogens is 3. The Morgan fingerprint density at radius 3 is 2.59 bits per heavy atom. The highest BCUT2D eigenvalue weighted by Crippen LogP contribution is 2.35. The fraction of sp³-hybridized carbons (Fsp3) is 0.0625. The number of Topliss-reactive ketones (excluding diaryl/α,β-unsaturated/α-hetero) is 1. The summed E-state index contributed by atoms with van der Waals surface area (Å²) in [5, 5.41) is 9.35. The molecule has 0 aromatic heterocycles. The third kappa shape index (κ3) is 2.55. The third-order valence-electron chi connectivity index (χ3n) is 3.17. The van der Waals surface area contributed by atoms with E-state index < -0.39 is 17.5 Å². The van der Waals surface area contributed by atoms with Gasteiger partial charge in [-0.15, -0.1) is 0 Å². The summed E-state index contributed by atoms with van der Waals surface area (Å²) in [5.41, 5.74) is -0.339. The van der Waals surface area contributed by atoms with E-state index >= 15 is 0 Å². The molecule has 0 amide bonds. The second-order valence-corrected chi connectivity index (χ2v) is 4.74. The summed E-state index contributed by atoms with van der Waals surface area (Å²) in [6.45, 7) is 0. The van der Waals surface area contributed by atoms with Gasteiger partial charge in [0.25, 0.3) is 0 Å². The van der Waals surface area contributed by atoms with Crippen molar-refractivity contribution in [3.8, 4) is 11.5 Å². The summed E-state index contributed by atoms with van der Waals surface area (Å²) in [4.78, 5) is 12.1. The van der Waals surface area contributed by atoms with Gasteiger partial charge in [-0.2, -0.15) is 13.2 Å². The molecule has 0 radical (unpaired) electrons. The number of ether oxygens (including phenoxy) is 1. The number of hydrogen-bond donors (Lipinski definition) is 1. The van der Waals surface area contributed by atoms with Crippen molar-refractivity contribution < 1.29 is 27.8 Å². The lowest BCUT2D eigenvalue weighted by Gasteiger charge is -2.07. The van der Waals surface area contributed by atoms with Gasteiger partial charge in [0.15, 0.2) is 5.76 Å². The third-order valence-corrected chi connectivity index (χ3v) is 3.17. The first kappa shape index (κ1) is 14.2. The van der Waals surface area contributed by atoms with Gasteiger partial charge in [-0.3, -0.25) is 4.79 Å². The van der Waals surface area contributed by atoms with Crippen LogP contribution in [0, 0.1) is 0 Å². The maximum absolute atomic E-state index is 12.7. The van der Waals surface area contributed by atoms with Crippen molar-refractivity contribution in [3.63, 3.8) is 0 Å². The number of fused-ring (bicyclic) bond motifs is 1. The van der Waals surface area contributed by atoms with E-state index in [2.05, 4.69) is 0 Å². The van der Waals surface area contributed by atoms with Gasteiger partial charge in [-0.1, -0.05) is 12.1 Å². The van der Waals surface area contributed by atoms with Crippen LogP contribution in [0.15, 0.2) is 48.2 Å². The molecule has 0 aliphatic carbocycles. The SMILES string of the molecule is O=C1/C(=C\c2cccc(C(F)(F)F)c2)Oc2cc(O)ccc21. The molecular formula is C16H9F3O3. The van der Waals surface area contributed by atoms with Crippen molar-refractivity contribution in [1.82, 2.24) is 0 Å². The molecule has 0 bridgehead atoms. The first-order chi connectivity index (χ1) is 10.3. The molecular weight excluding hydrogens is 297 g/mol. The second-order valence-electron chi connectivity index (χ2n) is 4.74. The first-order valence-corrected chi connectivity index (χ1v) is 6.29. The van der Waals surface area contributed by atoms with E-state index in [0.717, 1.165) is 12.1 Å². The molecule has 0 spiro atoms. The Kier molecular flexibility index (Phi) is 3.16. The zero-order chi connectivity index (χ0) is 15.9. The Morgan fingerprint density at radius 2 is 1.86 bits per heavy atom. The van der Waals surface area contributed by atoms with Crippen LogP contribution in [0.5, 0.6) is 11.5 Å². The van der Waals surface area contributed by atoms with Crippen LogP contribution in [0.4, 0.5) is 13.2 Å². The van der Waals surface area contributed by atoms with E-state index in [1.54, 1.807) is 0 Å². The van der Waals surface area contributed by atoms with Crippen molar-refractivity contribution >= 4 is 11.9 Å². The average Bonchev–Trinajstić information content (AvgIpc) is 2.74. The smallest absolute Gasteiger partial charge is 0.416 e. The molecule has 1 aliphatic heterocycles. The minimum absolute atomic E-state index is 0.0631. The largest absolute Gasteiger partial charge is 0.508 e. The van der Waals surface area contributed by atoms with Crippen LogP contribution in [-0.4, -0.2) is 10.9 Å². The van der Waals surface area contributed by atoms with Crippen LogP contribution in [0.2, 0.25) is 0 Å². The highest BCUT2D eigenvalue weighted by atomic mass is 19.4. The van der Waals surface area contributed by atoms with Crippen LogP contribution in [0.25, 0.3) is 6.08 Å². The van der Waals surface area contributed by atoms with Gasteiger partial charge in [0.05, 0.1) is 11.1 Å². The number of carbonyl (C=O) groups is 1. The Labute approximate surface area is 123 Å². The number of phenolic OH excluding ortho intramolecular Hbond substituents is 1. The van der Waals surface area contributed by atoms with Gasteiger partial charge >= 0.3 is 6.18 Å². The van der Waals surface area contributed by atoms with Crippen molar-refractivity contribution in [2.45, 2.75) is 6.18 Å². The fourth-order valence-corrected chi connectivity index (χ4v) is 2.13. The van der Waals surface area contributed by atoms with Gasteiger partial charge < -0.3 is 9.84 Å². The van der Waals surface area contributed by atoms with Crippen molar-refractivity contribution in [2.75, 3.05) is 0 Å². The molecule has 112 valence electrons. The maximum Gasteiger partial charge on any atom is 0.416 e. The summed E-state index contributed by atoms with van der Waals surface area (Å²) in [6, 6.07) is 8.61. The molecule has 0 saturated carbocycles. The Balaban J connectivity index is 1.96. The lowest BCUT2D eigenvalue weighted by atomic mass is 10.1. The number of phenols is 1. The molecule has 1 aliphatic rings. The number of aromatic hydroxyl groups is 1. The van der Waals surface area contributed by atoms with Crippen LogP contribution >= 0.6 is 0 Å². The van der Waals surface area contributed by atoms with Crippen LogP contribution in [0.1, 0.15) is 21.5 Å². The van der Waals surface area contributed by atoms with Gasteiger partial charge in [-0.05, 0) is 35.9 Å². The fourth-order valence-electron chi connectivity index (χ4n) is 2.13. The highest BCUT2D eigenvalue weighted by molar-refractivity contribution is 6.14. The summed E-state index contributed by atoms with van der Waals surface area (Å²) in [6.07, 6.45) is -3.21. The molecule has 3 rings (SSSR count). The Bertz CT molecular complexity index is 791. The van der Waals surface area contributed by atoms with Crippen LogP contribution in [0.3, 0.4) is 0 Å². The predicted molar refractivity (Wildman–Crippen MR) is 72.5 cm³/mol.